The largest absolute Gasteiger partial charge is 0.497 e. The van der Waals surface area contributed by atoms with Gasteiger partial charge in [0.25, 0.3) is 0 Å². The first kappa shape index (κ1) is 19.1. The minimum Gasteiger partial charge on any atom is -0.497 e. The van der Waals surface area contributed by atoms with E-state index >= 15 is 0 Å². The van der Waals surface area contributed by atoms with E-state index in [1.54, 1.807) is 18.2 Å². The number of hydrogen-bond donors (Lipinski definition) is 3. The van der Waals surface area contributed by atoms with Gasteiger partial charge in [0.1, 0.15) is 11.3 Å². The SMILES string of the molecule is COc1ccc(C)c(B(O)O)c1.Cc1cc(Br)cc2nnc(N)nc12. The number of nitrogens with two attached hydrogens (primary N) is 1. The molecule has 0 aliphatic heterocycles. The maximum Gasteiger partial charge on any atom is 0.488 e. The number of fused-ring (bicyclic) bond motifs is 1. The van der Waals surface area contributed by atoms with Crippen LogP contribution >= 0.6 is 15.9 Å². The van der Waals surface area contributed by atoms with E-state index in [1.807, 2.05) is 26.0 Å². The van der Waals surface area contributed by atoms with Gasteiger partial charge in [-0.1, -0.05) is 27.6 Å². The molecule has 7 nitrogen and oxygen atoms in total. The molecule has 0 atom stereocenters. The molecule has 130 valence electrons. The van der Waals surface area contributed by atoms with E-state index in [-0.39, 0.29) is 5.95 Å². The predicted octanol–water partition coefficient (Wildman–Crippen LogP) is 1.36. The molecule has 0 aliphatic carbocycles. The highest BCUT2D eigenvalue weighted by Gasteiger charge is 2.14. The van der Waals surface area contributed by atoms with E-state index < -0.39 is 7.12 Å². The maximum atomic E-state index is 8.92. The molecule has 0 unspecified atom stereocenters. The normalized spacial score (nSPS) is 10.2. The highest BCUT2D eigenvalue weighted by atomic mass is 79.9. The molecular weight excluding hydrogens is 387 g/mol. The summed E-state index contributed by atoms with van der Waals surface area (Å²) in [5, 5.41) is 25.5. The Kier molecular flexibility index (Phi) is 6.30. The Balaban J connectivity index is 0.000000181. The van der Waals surface area contributed by atoms with Crippen LogP contribution in [0.1, 0.15) is 11.1 Å². The van der Waals surface area contributed by atoms with Gasteiger partial charge in [0.2, 0.25) is 5.95 Å². The van der Waals surface area contributed by atoms with Crippen LogP contribution in [0.3, 0.4) is 0 Å². The number of aromatic nitrogens is 3. The van der Waals surface area contributed by atoms with Gasteiger partial charge in [-0.05, 0) is 49.1 Å². The fraction of sp³-hybridized carbons (Fsp3) is 0.188. The molecule has 0 amide bonds. The molecule has 9 heteroatoms. The molecule has 0 saturated heterocycles. The number of nitrogens with zero attached hydrogens (tertiary/aromatic N) is 3. The molecule has 1 aromatic heterocycles. The molecule has 4 N–H and O–H groups in total. The first-order chi connectivity index (χ1) is 11.8. The Bertz CT molecular complexity index is 893. The van der Waals surface area contributed by atoms with Crippen LogP contribution in [0, 0.1) is 13.8 Å². The van der Waals surface area contributed by atoms with E-state index in [9.17, 15) is 0 Å². The van der Waals surface area contributed by atoms with E-state index in [4.69, 9.17) is 20.5 Å². The lowest BCUT2D eigenvalue weighted by molar-refractivity contribution is 0.412. The standard InChI is InChI=1S/C8H11BO3.C8H7BrN4/c1-6-3-4-7(12-2)5-8(6)9(10)11;1-4-2-5(9)3-6-7(4)11-8(10)13-12-6/h3-5,10-11H,1-2H3;2-3H,1H3,(H2,10,11,13). The molecule has 0 spiro atoms. The van der Waals surface area contributed by atoms with Crippen molar-refractivity contribution >= 4 is 45.5 Å². The molecule has 0 bridgehead atoms. The Morgan fingerprint density at radius 2 is 1.80 bits per heavy atom. The first-order valence-corrected chi connectivity index (χ1v) is 8.18. The Hall–Kier alpha value is -2.23. The van der Waals surface area contributed by atoms with Crippen LogP contribution in [0.2, 0.25) is 0 Å². The van der Waals surface area contributed by atoms with Gasteiger partial charge in [0.05, 0.1) is 12.6 Å². The monoisotopic (exact) mass is 404 g/mol. The minimum atomic E-state index is -1.43. The Morgan fingerprint density at radius 1 is 1.08 bits per heavy atom. The van der Waals surface area contributed by atoms with Crippen molar-refractivity contribution < 1.29 is 14.8 Å². The molecule has 0 fully saturated rings. The summed E-state index contributed by atoms with van der Waals surface area (Å²) >= 11 is 3.37. The van der Waals surface area contributed by atoms with Crippen molar-refractivity contribution in [1.29, 1.82) is 0 Å². The van der Waals surface area contributed by atoms with Crippen LogP contribution < -0.4 is 15.9 Å². The maximum absolute atomic E-state index is 8.92. The molecule has 0 saturated carbocycles. The number of nitrogen functional groups attached to an aromatic ring is 1. The van der Waals surface area contributed by atoms with Gasteiger partial charge in [0.15, 0.2) is 0 Å². The van der Waals surface area contributed by atoms with Gasteiger partial charge in [-0.15, -0.1) is 10.2 Å². The van der Waals surface area contributed by atoms with E-state index in [2.05, 4.69) is 31.1 Å². The second kappa shape index (κ2) is 8.24. The van der Waals surface area contributed by atoms with Gasteiger partial charge in [-0.2, -0.15) is 0 Å². The number of rotatable bonds is 2. The lowest BCUT2D eigenvalue weighted by Crippen LogP contribution is -2.31. The third-order valence-corrected chi connectivity index (χ3v) is 3.95. The van der Waals surface area contributed by atoms with Crippen LogP contribution in [0.15, 0.2) is 34.8 Å². The van der Waals surface area contributed by atoms with Crippen molar-refractivity contribution in [2.24, 2.45) is 0 Å². The lowest BCUT2D eigenvalue weighted by atomic mass is 9.77. The molecule has 25 heavy (non-hydrogen) atoms. The summed E-state index contributed by atoms with van der Waals surface area (Å²) in [6.07, 6.45) is 0. The average Bonchev–Trinajstić information content (AvgIpc) is 2.56. The van der Waals surface area contributed by atoms with Gasteiger partial charge in [0, 0.05) is 4.47 Å². The van der Waals surface area contributed by atoms with Crippen molar-refractivity contribution in [3.05, 3.63) is 45.9 Å². The molecule has 0 aliphatic rings. The molecule has 3 rings (SSSR count). The summed E-state index contributed by atoms with van der Waals surface area (Å²) in [6, 6.07) is 9.01. The summed E-state index contributed by atoms with van der Waals surface area (Å²) in [5.41, 5.74) is 9.34. The molecule has 3 aromatic rings. The molecule has 0 radical (unpaired) electrons. The van der Waals surface area contributed by atoms with Gasteiger partial charge < -0.3 is 20.5 Å². The van der Waals surface area contributed by atoms with E-state index in [0.29, 0.717) is 11.2 Å². The number of benzene rings is 2. The van der Waals surface area contributed by atoms with Crippen LogP contribution in [0.4, 0.5) is 5.95 Å². The van der Waals surface area contributed by atoms with E-state index in [1.165, 1.54) is 7.11 Å². The summed E-state index contributed by atoms with van der Waals surface area (Å²) in [7, 11) is 0.109. The summed E-state index contributed by atoms with van der Waals surface area (Å²) in [6.45, 7) is 3.77. The second-order valence-electron chi connectivity index (χ2n) is 5.36. The van der Waals surface area contributed by atoms with Gasteiger partial charge >= 0.3 is 7.12 Å². The number of ether oxygens (including phenoxy) is 1. The minimum absolute atomic E-state index is 0.206. The Morgan fingerprint density at radius 3 is 2.44 bits per heavy atom. The number of aryl methyl sites for hydroxylation is 2. The fourth-order valence-electron chi connectivity index (χ4n) is 2.21. The number of anilines is 1. The third-order valence-electron chi connectivity index (χ3n) is 3.50. The highest BCUT2D eigenvalue weighted by molar-refractivity contribution is 9.10. The zero-order chi connectivity index (χ0) is 18.6. The zero-order valence-corrected chi connectivity index (χ0v) is 15.6. The molecular formula is C16H18BBrN4O3. The number of methoxy groups -OCH3 is 1. The fourth-order valence-corrected chi connectivity index (χ4v) is 2.77. The van der Waals surface area contributed by atoms with Crippen molar-refractivity contribution in [3.8, 4) is 5.75 Å². The molecule has 1 heterocycles. The Labute approximate surface area is 154 Å². The van der Waals surface area contributed by atoms with Crippen LogP contribution in [-0.2, 0) is 0 Å². The third kappa shape index (κ3) is 4.88. The van der Waals surface area contributed by atoms with Gasteiger partial charge in [-0.25, -0.2) is 4.98 Å². The summed E-state index contributed by atoms with van der Waals surface area (Å²) < 4.78 is 5.91. The van der Waals surface area contributed by atoms with Crippen molar-refractivity contribution in [2.75, 3.05) is 12.8 Å². The van der Waals surface area contributed by atoms with E-state index in [0.717, 1.165) is 26.6 Å². The molecule has 2 aromatic carbocycles. The van der Waals surface area contributed by atoms with Crippen molar-refractivity contribution in [1.82, 2.24) is 15.2 Å². The first-order valence-electron chi connectivity index (χ1n) is 7.38. The van der Waals surface area contributed by atoms with Crippen molar-refractivity contribution in [2.45, 2.75) is 13.8 Å². The van der Waals surface area contributed by atoms with Crippen LogP contribution in [0.25, 0.3) is 11.0 Å². The quantitative estimate of drug-likeness (QED) is 0.552. The lowest BCUT2D eigenvalue weighted by Gasteiger charge is -2.06. The predicted molar refractivity (Wildman–Crippen MR) is 102 cm³/mol. The van der Waals surface area contributed by atoms with Crippen LogP contribution in [-0.4, -0.2) is 39.5 Å². The zero-order valence-electron chi connectivity index (χ0n) is 14.1. The number of halogens is 1. The second-order valence-corrected chi connectivity index (χ2v) is 6.27. The topological polar surface area (TPSA) is 114 Å². The average molecular weight is 405 g/mol. The van der Waals surface area contributed by atoms with Crippen molar-refractivity contribution in [3.63, 3.8) is 0 Å². The smallest absolute Gasteiger partial charge is 0.488 e. The number of hydrogen-bond acceptors (Lipinski definition) is 7. The highest BCUT2D eigenvalue weighted by Crippen LogP contribution is 2.20. The van der Waals surface area contributed by atoms with Gasteiger partial charge in [-0.3, -0.25) is 0 Å². The van der Waals surface area contributed by atoms with Crippen LogP contribution in [0.5, 0.6) is 5.75 Å². The summed E-state index contributed by atoms with van der Waals surface area (Å²) in [5.74, 6) is 0.835. The summed E-state index contributed by atoms with van der Waals surface area (Å²) in [4.78, 5) is 4.10.